The van der Waals surface area contributed by atoms with Crippen LogP contribution in [0.4, 0.5) is 0 Å². The van der Waals surface area contributed by atoms with Crippen LogP contribution >= 0.6 is 11.3 Å². The summed E-state index contributed by atoms with van der Waals surface area (Å²) >= 11 is 1.63. The van der Waals surface area contributed by atoms with Crippen molar-refractivity contribution in [3.8, 4) is 0 Å². The number of thiazole rings is 1. The lowest BCUT2D eigenvalue weighted by atomic mass is 9.84. The third-order valence-corrected chi connectivity index (χ3v) is 4.33. The quantitative estimate of drug-likeness (QED) is 0.808. The van der Waals surface area contributed by atoms with E-state index in [-0.39, 0.29) is 17.4 Å². The van der Waals surface area contributed by atoms with Crippen LogP contribution in [-0.4, -0.2) is 17.4 Å². The lowest BCUT2D eigenvalue weighted by Gasteiger charge is -2.23. The van der Waals surface area contributed by atoms with Crippen LogP contribution in [0.2, 0.25) is 0 Å². The van der Waals surface area contributed by atoms with Crippen LogP contribution in [0, 0.1) is 12.3 Å². The van der Waals surface area contributed by atoms with Crippen molar-refractivity contribution in [2.24, 2.45) is 11.1 Å². The lowest BCUT2D eigenvalue weighted by molar-refractivity contribution is -0.122. The molecule has 108 valence electrons. The number of amides is 1. The Hall–Kier alpha value is -0.940. The van der Waals surface area contributed by atoms with Gasteiger partial charge in [-0.3, -0.25) is 4.79 Å². The van der Waals surface area contributed by atoms with E-state index in [4.69, 9.17) is 5.73 Å². The van der Waals surface area contributed by atoms with Crippen LogP contribution in [0.1, 0.15) is 56.0 Å². The molecule has 0 aromatic carbocycles. The highest BCUT2D eigenvalue weighted by Crippen LogP contribution is 2.26. The maximum atomic E-state index is 11.9. The smallest absolute Gasteiger partial charge is 0.220 e. The number of carbonyl (C=O) groups is 1. The average Bonchev–Trinajstić information content (AvgIpc) is 2.73. The average molecular weight is 283 g/mol. The van der Waals surface area contributed by atoms with E-state index < -0.39 is 0 Å². The second-order valence-corrected chi connectivity index (χ2v) is 7.07. The van der Waals surface area contributed by atoms with Crippen molar-refractivity contribution in [3.63, 3.8) is 0 Å². The van der Waals surface area contributed by atoms with Gasteiger partial charge in [0.1, 0.15) is 5.01 Å². The van der Waals surface area contributed by atoms with Crippen molar-refractivity contribution >= 4 is 17.2 Å². The first-order chi connectivity index (χ1) is 8.84. The summed E-state index contributed by atoms with van der Waals surface area (Å²) in [4.78, 5) is 17.4. The molecule has 1 aromatic rings. The van der Waals surface area contributed by atoms with Crippen molar-refractivity contribution in [3.05, 3.63) is 16.1 Å². The minimum Gasteiger partial charge on any atom is -0.347 e. The van der Waals surface area contributed by atoms with Gasteiger partial charge in [-0.2, -0.15) is 0 Å². The Morgan fingerprint density at radius 2 is 2.21 bits per heavy atom. The van der Waals surface area contributed by atoms with Crippen LogP contribution in [-0.2, 0) is 4.79 Å². The molecule has 1 unspecified atom stereocenters. The van der Waals surface area contributed by atoms with E-state index >= 15 is 0 Å². The molecule has 1 rings (SSSR count). The van der Waals surface area contributed by atoms with E-state index in [2.05, 4.69) is 24.1 Å². The van der Waals surface area contributed by atoms with Gasteiger partial charge in [-0.25, -0.2) is 4.98 Å². The van der Waals surface area contributed by atoms with E-state index in [1.807, 2.05) is 20.0 Å². The molecule has 0 saturated carbocycles. The standard InChI is InChI=1S/C14H25N3OS/c1-10-9-16-13(19-10)11(2)17-12(18)5-6-14(3,4)7-8-15/h9,11H,5-8,15H2,1-4H3,(H,17,18). The van der Waals surface area contributed by atoms with Gasteiger partial charge >= 0.3 is 0 Å². The Balaban J connectivity index is 2.39. The van der Waals surface area contributed by atoms with Crippen molar-refractivity contribution in [1.82, 2.24) is 10.3 Å². The van der Waals surface area contributed by atoms with Gasteiger partial charge in [-0.05, 0) is 38.6 Å². The fourth-order valence-corrected chi connectivity index (χ4v) is 2.69. The number of rotatable bonds is 7. The first-order valence-corrected chi connectivity index (χ1v) is 7.57. The fourth-order valence-electron chi connectivity index (χ4n) is 1.92. The molecule has 4 nitrogen and oxygen atoms in total. The Labute approximate surface area is 119 Å². The minimum atomic E-state index is -0.0104. The van der Waals surface area contributed by atoms with Crippen molar-refractivity contribution in [2.75, 3.05) is 6.54 Å². The van der Waals surface area contributed by atoms with Gasteiger partial charge in [0.15, 0.2) is 0 Å². The van der Waals surface area contributed by atoms with Crippen molar-refractivity contribution in [1.29, 1.82) is 0 Å². The topological polar surface area (TPSA) is 68.0 Å². The zero-order valence-electron chi connectivity index (χ0n) is 12.3. The summed E-state index contributed by atoms with van der Waals surface area (Å²) in [6, 6.07) is -0.0104. The summed E-state index contributed by atoms with van der Waals surface area (Å²) in [5.41, 5.74) is 5.70. The molecule has 0 aliphatic heterocycles. The molecule has 0 radical (unpaired) electrons. The molecule has 1 aromatic heterocycles. The Morgan fingerprint density at radius 1 is 1.53 bits per heavy atom. The zero-order chi connectivity index (χ0) is 14.5. The molecule has 5 heteroatoms. The second-order valence-electron chi connectivity index (χ2n) is 5.80. The summed E-state index contributed by atoms with van der Waals surface area (Å²) in [6.45, 7) is 8.97. The molecular formula is C14H25N3OS. The van der Waals surface area contributed by atoms with Gasteiger partial charge in [-0.15, -0.1) is 11.3 Å². The summed E-state index contributed by atoms with van der Waals surface area (Å²) in [7, 11) is 0. The second kappa shape index (κ2) is 7.01. The summed E-state index contributed by atoms with van der Waals surface area (Å²) in [5, 5.41) is 3.97. The molecule has 0 bridgehead atoms. The molecule has 0 saturated heterocycles. The van der Waals surface area contributed by atoms with Gasteiger partial charge in [0.05, 0.1) is 6.04 Å². The Bertz CT molecular complexity index is 415. The molecule has 0 spiro atoms. The van der Waals surface area contributed by atoms with E-state index in [0.29, 0.717) is 13.0 Å². The molecule has 0 aliphatic rings. The van der Waals surface area contributed by atoms with Crippen molar-refractivity contribution < 1.29 is 4.79 Å². The maximum absolute atomic E-state index is 11.9. The third kappa shape index (κ3) is 5.70. The summed E-state index contributed by atoms with van der Waals surface area (Å²) < 4.78 is 0. The highest BCUT2D eigenvalue weighted by Gasteiger charge is 2.19. The van der Waals surface area contributed by atoms with Crippen LogP contribution < -0.4 is 11.1 Å². The number of nitrogens with one attached hydrogen (secondary N) is 1. The number of nitrogens with two attached hydrogens (primary N) is 1. The predicted molar refractivity (Wildman–Crippen MR) is 80.1 cm³/mol. The Kier molecular flexibility index (Phi) is 5.94. The normalized spacial score (nSPS) is 13.3. The van der Waals surface area contributed by atoms with Gasteiger partial charge < -0.3 is 11.1 Å². The molecule has 0 aliphatic carbocycles. The SMILES string of the molecule is Cc1cnc(C(C)NC(=O)CCC(C)(C)CCN)s1. The van der Waals surface area contributed by atoms with E-state index in [0.717, 1.165) is 17.8 Å². The first-order valence-electron chi connectivity index (χ1n) is 6.76. The zero-order valence-corrected chi connectivity index (χ0v) is 13.1. The van der Waals surface area contributed by atoms with Crippen molar-refractivity contribution in [2.45, 2.75) is 53.0 Å². The van der Waals surface area contributed by atoms with E-state index in [9.17, 15) is 4.79 Å². The third-order valence-electron chi connectivity index (χ3n) is 3.24. The predicted octanol–water partition coefficient (Wildman–Crippen LogP) is 2.78. The summed E-state index contributed by atoms with van der Waals surface area (Å²) in [6.07, 6.45) is 4.19. The molecule has 19 heavy (non-hydrogen) atoms. The van der Waals surface area contributed by atoms with Gasteiger partial charge in [-0.1, -0.05) is 13.8 Å². The number of carbonyl (C=O) groups excluding carboxylic acids is 1. The number of hydrogen-bond acceptors (Lipinski definition) is 4. The number of aryl methyl sites for hydroxylation is 1. The Morgan fingerprint density at radius 3 is 2.74 bits per heavy atom. The minimum absolute atomic E-state index is 0.0104. The molecule has 0 fully saturated rings. The highest BCUT2D eigenvalue weighted by molar-refractivity contribution is 7.11. The number of aromatic nitrogens is 1. The summed E-state index contributed by atoms with van der Waals surface area (Å²) in [5.74, 6) is 0.0884. The first kappa shape index (κ1) is 16.1. The number of nitrogens with zero attached hydrogens (tertiary/aromatic N) is 1. The van der Waals surface area contributed by atoms with Crippen LogP contribution in [0.5, 0.6) is 0 Å². The van der Waals surface area contributed by atoms with Gasteiger partial charge in [0.25, 0.3) is 0 Å². The molecule has 3 N–H and O–H groups in total. The van der Waals surface area contributed by atoms with Crippen LogP contribution in [0.3, 0.4) is 0 Å². The maximum Gasteiger partial charge on any atom is 0.220 e. The molecule has 1 heterocycles. The van der Waals surface area contributed by atoms with Gasteiger partial charge in [0, 0.05) is 17.5 Å². The molecular weight excluding hydrogens is 258 g/mol. The van der Waals surface area contributed by atoms with Gasteiger partial charge in [0.2, 0.25) is 5.91 Å². The van der Waals surface area contributed by atoms with E-state index in [1.165, 1.54) is 4.88 Å². The molecule has 1 atom stereocenters. The largest absolute Gasteiger partial charge is 0.347 e. The molecule has 1 amide bonds. The fraction of sp³-hybridized carbons (Fsp3) is 0.714. The highest BCUT2D eigenvalue weighted by atomic mass is 32.1. The monoisotopic (exact) mass is 283 g/mol. The number of hydrogen-bond donors (Lipinski definition) is 2. The van der Waals surface area contributed by atoms with Crippen LogP contribution in [0.25, 0.3) is 0 Å². The lowest BCUT2D eigenvalue weighted by Crippen LogP contribution is -2.28. The van der Waals surface area contributed by atoms with Crippen LogP contribution in [0.15, 0.2) is 6.20 Å². The van der Waals surface area contributed by atoms with E-state index in [1.54, 1.807) is 11.3 Å².